The average molecular weight is 418 g/mol. The van der Waals surface area contributed by atoms with Gasteiger partial charge in [0.2, 0.25) is 5.91 Å². The lowest BCUT2D eigenvalue weighted by Gasteiger charge is -2.13. The Balaban J connectivity index is 2.05. The van der Waals surface area contributed by atoms with E-state index in [0.717, 1.165) is 6.07 Å². The van der Waals surface area contributed by atoms with Gasteiger partial charge in [0.15, 0.2) is 0 Å². The molecule has 0 saturated heterocycles. The van der Waals surface area contributed by atoms with E-state index in [4.69, 9.17) is 11.6 Å². The van der Waals surface area contributed by atoms with Crippen molar-refractivity contribution in [3.63, 3.8) is 0 Å². The Morgan fingerprint density at radius 3 is 2.50 bits per heavy atom. The predicted octanol–water partition coefficient (Wildman–Crippen LogP) is 4.13. The first-order chi connectivity index (χ1) is 13.0. The van der Waals surface area contributed by atoms with Crippen molar-refractivity contribution < 1.29 is 27.2 Å². The summed E-state index contributed by atoms with van der Waals surface area (Å²) in [6, 6.07) is 8.45. The van der Waals surface area contributed by atoms with Crippen LogP contribution in [0.25, 0.3) is 0 Å². The number of hydrogen-bond acceptors (Lipinski definition) is 3. The quantitative estimate of drug-likeness (QED) is 0.619. The van der Waals surface area contributed by atoms with Gasteiger partial charge < -0.3 is 16.0 Å². The van der Waals surface area contributed by atoms with Crippen molar-refractivity contribution in [2.75, 3.05) is 23.7 Å². The molecule has 0 aromatic heterocycles. The summed E-state index contributed by atoms with van der Waals surface area (Å²) in [5.41, 5.74) is 0.383. The molecule has 0 aliphatic rings. The van der Waals surface area contributed by atoms with Gasteiger partial charge >= 0.3 is 6.18 Å². The van der Waals surface area contributed by atoms with Crippen LogP contribution in [-0.2, 0) is 4.79 Å². The molecule has 28 heavy (non-hydrogen) atoms. The second-order valence-electron chi connectivity index (χ2n) is 5.84. The maximum absolute atomic E-state index is 14.0. The average Bonchev–Trinajstić information content (AvgIpc) is 2.60. The largest absolute Gasteiger partial charge is 0.405 e. The smallest absolute Gasteiger partial charge is 0.376 e. The van der Waals surface area contributed by atoms with Gasteiger partial charge in [0, 0.05) is 27.5 Å². The minimum absolute atomic E-state index is 0.110. The lowest BCUT2D eigenvalue weighted by molar-refractivity contribution is -0.123. The van der Waals surface area contributed by atoms with Crippen LogP contribution in [0.15, 0.2) is 36.4 Å². The Morgan fingerprint density at radius 1 is 1.14 bits per heavy atom. The zero-order valence-electron chi connectivity index (χ0n) is 14.6. The third-order valence-electron chi connectivity index (χ3n) is 3.60. The zero-order valence-corrected chi connectivity index (χ0v) is 15.3. The van der Waals surface area contributed by atoms with Crippen molar-refractivity contribution in [3.05, 3.63) is 58.4 Å². The van der Waals surface area contributed by atoms with E-state index in [1.54, 1.807) is 23.5 Å². The number of benzene rings is 2. The Labute approximate surface area is 163 Å². The first kappa shape index (κ1) is 21.5. The highest BCUT2D eigenvalue weighted by atomic mass is 35.5. The molecule has 2 amide bonds. The lowest BCUT2D eigenvalue weighted by atomic mass is 10.1. The summed E-state index contributed by atoms with van der Waals surface area (Å²) in [6.07, 6.45) is -4.58. The Bertz CT molecular complexity index is 888. The Kier molecular flexibility index (Phi) is 6.85. The molecule has 0 bridgehead atoms. The number of carbonyl (C=O) groups excluding carboxylic acids is 2. The van der Waals surface area contributed by atoms with Gasteiger partial charge in [-0.15, -0.1) is 0 Å². The minimum Gasteiger partial charge on any atom is -0.376 e. The molecule has 3 N–H and O–H groups in total. The van der Waals surface area contributed by atoms with E-state index in [0.29, 0.717) is 10.7 Å². The van der Waals surface area contributed by atoms with E-state index in [-0.39, 0.29) is 23.4 Å². The van der Waals surface area contributed by atoms with Gasteiger partial charge in [-0.1, -0.05) is 17.7 Å². The fraction of sp³-hybridized carbons (Fsp3) is 0.222. The standard InChI is InChI=1S/C18H16ClF4N3O2/c1-10-14(20)5-11(17(28)25-9-18(21,22)23)6-15(10)24-8-16(27)26-13-4-2-3-12(19)7-13/h2-7,24H,8-9H2,1H3,(H,25,28)(H,26,27). The molecule has 0 radical (unpaired) electrons. The molecule has 0 heterocycles. The monoisotopic (exact) mass is 417 g/mol. The van der Waals surface area contributed by atoms with Gasteiger partial charge in [-0.3, -0.25) is 9.59 Å². The van der Waals surface area contributed by atoms with E-state index in [9.17, 15) is 27.2 Å². The van der Waals surface area contributed by atoms with E-state index >= 15 is 0 Å². The zero-order chi connectivity index (χ0) is 20.9. The van der Waals surface area contributed by atoms with Crippen molar-refractivity contribution >= 4 is 34.8 Å². The summed E-state index contributed by atoms with van der Waals surface area (Å²) in [4.78, 5) is 23.8. The highest BCUT2D eigenvalue weighted by Gasteiger charge is 2.28. The second-order valence-corrected chi connectivity index (χ2v) is 6.28. The van der Waals surface area contributed by atoms with E-state index in [1.165, 1.54) is 19.1 Å². The third-order valence-corrected chi connectivity index (χ3v) is 3.84. The van der Waals surface area contributed by atoms with E-state index in [1.807, 2.05) is 0 Å². The number of nitrogens with one attached hydrogen (secondary N) is 3. The summed E-state index contributed by atoms with van der Waals surface area (Å²) >= 11 is 5.82. The molecular formula is C18H16ClF4N3O2. The lowest BCUT2D eigenvalue weighted by Crippen LogP contribution is -2.33. The van der Waals surface area contributed by atoms with Crippen molar-refractivity contribution in [1.29, 1.82) is 0 Å². The van der Waals surface area contributed by atoms with Crippen molar-refractivity contribution in [2.45, 2.75) is 13.1 Å². The molecule has 0 spiro atoms. The van der Waals surface area contributed by atoms with Crippen LogP contribution >= 0.6 is 11.6 Å². The Morgan fingerprint density at radius 2 is 1.86 bits per heavy atom. The minimum atomic E-state index is -4.58. The molecule has 2 aromatic rings. The van der Waals surface area contributed by atoms with Crippen LogP contribution in [0.3, 0.4) is 0 Å². The van der Waals surface area contributed by atoms with Crippen molar-refractivity contribution in [2.24, 2.45) is 0 Å². The second kappa shape index (κ2) is 8.92. The highest BCUT2D eigenvalue weighted by Crippen LogP contribution is 2.21. The normalized spacial score (nSPS) is 11.1. The molecule has 0 unspecified atom stereocenters. The molecule has 2 rings (SSSR count). The fourth-order valence-electron chi connectivity index (χ4n) is 2.22. The molecule has 5 nitrogen and oxygen atoms in total. The molecule has 10 heteroatoms. The first-order valence-corrected chi connectivity index (χ1v) is 8.37. The van der Waals surface area contributed by atoms with Crippen LogP contribution < -0.4 is 16.0 Å². The number of rotatable bonds is 6. The summed E-state index contributed by atoms with van der Waals surface area (Å²) in [6.45, 7) is -0.392. The van der Waals surface area contributed by atoms with Crippen molar-refractivity contribution in [3.8, 4) is 0 Å². The molecule has 0 aliphatic heterocycles. The van der Waals surface area contributed by atoms with Gasteiger partial charge in [0.25, 0.3) is 5.91 Å². The summed E-state index contributed by atoms with van der Waals surface area (Å²) in [5.74, 6) is -2.34. The third kappa shape index (κ3) is 6.41. The number of hydrogen-bond donors (Lipinski definition) is 3. The van der Waals surface area contributed by atoms with Crippen LogP contribution in [0.1, 0.15) is 15.9 Å². The SMILES string of the molecule is Cc1c(F)cc(C(=O)NCC(F)(F)F)cc1NCC(=O)Nc1cccc(Cl)c1. The maximum atomic E-state index is 14.0. The first-order valence-electron chi connectivity index (χ1n) is 7.99. The Hall–Kier alpha value is -2.81. The fourth-order valence-corrected chi connectivity index (χ4v) is 2.41. The van der Waals surface area contributed by atoms with Crippen LogP contribution in [0, 0.1) is 12.7 Å². The highest BCUT2D eigenvalue weighted by molar-refractivity contribution is 6.30. The van der Waals surface area contributed by atoms with E-state index < -0.39 is 30.4 Å². The van der Waals surface area contributed by atoms with Gasteiger partial charge in [-0.05, 0) is 37.3 Å². The van der Waals surface area contributed by atoms with Crippen LogP contribution in [0.5, 0.6) is 0 Å². The molecule has 0 fully saturated rings. The molecule has 0 aliphatic carbocycles. The van der Waals surface area contributed by atoms with Gasteiger partial charge in [-0.2, -0.15) is 13.2 Å². The predicted molar refractivity (Wildman–Crippen MR) is 98.1 cm³/mol. The van der Waals surface area contributed by atoms with Crippen LogP contribution in [0.2, 0.25) is 5.02 Å². The molecule has 0 saturated carbocycles. The van der Waals surface area contributed by atoms with Crippen molar-refractivity contribution in [1.82, 2.24) is 5.32 Å². The molecule has 0 atom stereocenters. The number of carbonyl (C=O) groups is 2. The van der Waals surface area contributed by atoms with Crippen LogP contribution in [0.4, 0.5) is 28.9 Å². The summed E-state index contributed by atoms with van der Waals surface area (Å²) < 4.78 is 50.7. The summed E-state index contributed by atoms with van der Waals surface area (Å²) in [7, 11) is 0. The molecule has 150 valence electrons. The van der Waals surface area contributed by atoms with Gasteiger partial charge in [-0.25, -0.2) is 4.39 Å². The number of anilines is 2. The molecule has 2 aromatic carbocycles. The number of halogens is 5. The number of alkyl halides is 3. The van der Waals surface area contributed by atoms with Gasteiger partial charge in [0.1, 0.15) is 12.4 Å². The van der Waals surface area contributed by atoms with Crippen LogP contribution in [-0.4, -0.2) is 31.1 Å². The number of amides is 2. The topological polar surface area (TPSA) is 70.2 Å². The summed E-state index contributed by atoms with van der Waals surface area (Å²) in [5, 5.41) is 7.34. The van der Waals surface area contributed by atoms with Gasteiger partial charge in [0.05, 0.1) is 6.54 Å². The van der Waals surface area contributed by atoms with E-state index in [2.05, 4.69) is 10.6 Å². The molecular weight excluding hydrogens is 402 g/mol. The maximum Gasteiger partial charge on any atom is 0.405 e.